The van der Waals surface area contributed by atoms with Gasteiger partial charge in [-0.25, -0.2) is 0 Å². The Hall–Kier alpha value is -0.570. The fourth-order valence-electron chi connectivity index (χ4n) is 2.66. The average Bonchev–Trinajstić information content (AvgIpc) is 2.26. The van der Waals surface area contributed by atoms with Gasteiger partial charge in [-0.3, -0.25) is 4.79 Å². The number of nitrogens with one attached hydrogen (secondary N) is 1. The predicted molar refractivity (Wildman–Crippen MR) is 60.6 cm³/mol. The highest BCUT2D eigenvalue weighted by molar-refractivity contribution is 5.79. The van der Waals surface area contributed by atoms with Crippen molar-refractivity contribution >= 4 is 5.91 Å². The number of nitrogens with zero attached hydrogens (tertiary/aromatic N) is 1. The number of likely N-dealkylation sites (tertiary alicyclic amines) is 1. The van der Waals surface area contributed by atoms with Crippen molar-refractivity contribution in [2.75, 3.05) is 19.6 Å². The van der Waals surface area contributed by atoms with E-state index < -0.39 is 0 Å². The summed E-state index contributed by atoms with van der Waals surface area (Å²) in [6.45, 7) is 5.09. The van der Waals surface area contributed by atoms with Crippen LogP contribution in [0, 0.1) is 5.92 Å². The summed E-state index contributed by atoms with van der Waals surface area (Å²) in [7, 11) is 0. The lowest BCUT2D eigenvalue weighted by Crippen LogP contribution is -2.49. The molecule has 0 aromatic carbocycles. The minimum absolute atomic E-state index is 0.252. The molecular formula is C12H22N2O. The number of hydrogen-bond donors (Lipinski definition) is 1. The molecule has 3 heteroatoms. The molecule has 0 bridgehead atoms. The molecule has 2 saturated heterocycles. The monoisotopic (exact) mass is 210 g/mol. The maximum Gasteiger partial charge on any atom is 0.225 e. The number of hydrogen-bond acceptors (Lipinski definition) is 2. The van der Waals surface area contributed by atoms with E-state index >= 15 is 0 Å². The highest BCUT2D eigenvalue weighted by atomic mass is 16.2. The average molecular weight is 210 g/mol. The lowest BCUT2D eigenvalue weighted by molar-refractivity contribution is -0.138. The Bertz CT molecular complexity index is 224. The molecule has 1 amide bonds. The Balaban J connectivity index is 1.84. The summed E-state index contributed by atoms with van der Waals surface area (Å²) < 4.78 is 0. The van der Waals surface area contributed by atoms with Crippen molar-refractivity contribution in [2.24, 2.45) is 5.92 Å². The van der Waals surface area contributed by atoms with Crippen LogP contribution < -0.4 is 5.32 Å². The molecule has 15 heavy (non-hydrogen) atoms. The standard InChI is InChI=1S/C12H22N2O/c1-10-5-4-8-14(12(10)15)9-11-6-2-3-7-13-11/h10-11,13H,2-9H2,1H3. The van der Waals surface area contributed by atoms with E-state index in [9.17, 15) is 4.79 Å². The van der Waals surface area contributed by atoms with Crippen molar-refractivity contribution in [3.8, 4) is 0 Å². The SMILES string of the molecule is CC1CCCN(CC2CCCCN2)C1=O. The zero-order valence-electron chi connectivity index (χ0n) is 9.67. The van der Waals surface area contributed by atoms with Crippen molar-refractivity contribution in [1.29, 1.82) is 0 Å². The highest BCUT2D eigenvalue weighted by Gasteiger charge is 2.27. The molecule has 0 saturated carbocycles. The Kier molecular flexibility index (Phi) is 3.62. The van der Waals surface area contributed by atoms with Gasteiger partial charge in [0.25, 0.3) is 0 Å². The minimum Gasteiger partial charge on any atom is -0.341 e. The molecule has 2 aliphatic heterocycles. The molecule has 2 unspecified atom stereocenters. The Morgan fingerprint density at radius 2 is 2.20 bits per heavy atom. The third-order valence-electron chi connectivity index (χ3n) is 3.65. The van der Waals surface area contributed by atoms with E-state index in [0.29, 0.717) is 11.9 Å². The zero-order valence-corrected chi connectivity index (χ0v) is 9.67. The molecule has 1 N–H and O–H groups in total. The first-order valence-electron chi connectivity index (χ1n) is 6.29. The Morgan fingerprint density at radius 1 is 1.33 bits per heavy atom. The van der Waals surface area contributed by atoms with Crippen molar-refractivity contribution < 1.29 is 4.79 Å². The second kappa shape index (κ2) is 4.97. The summed E-state index contributed by atoms with van der Waals surface area (Å²) in [4.78, 5) is 14.0. The number of carbonyl (C=O) groups excluding carboxylic acids is 1. The first kappa shape index (κ1) is 10.9. The molecule has 0 aromatic rings. The van der Waals surface area contributed by atoms with Crippen molar-refractivity contribution in [3.63, 3.8) is 0 Å². The van der Waals surface area contributed by atoms with Crippen LogP contribution in [0.4, 0.5) is 0 Å². The van der Waals surface area contributed by atoms with Crippen LogP contribution in [0.15, 0.2) is 0 Å². The Morgan fingerprint density at radius 3 is 2.93 bits per heavy atom. The predicted octanol–water partition coefficient (Wildman–Crippen LogP) is 1.39. The molecule has 2 fully saturated rings. The lowest BCUT2D eigenvalue weighted by atomic mass is 9.97. The summed E-state index contributed by atoms with van der Waals surface area (Å²) in [5, 5.41) is 3.51. The molecule has 86 valence electrons. The van der Waals surface area contributed by atoms with Gasteiger partial charge in [-0.05, 0) is 32.2 Å². The van der Waals surface area contributed by atoms with E-state index in [0.717, 1.165) is 26.1 Å². The quantitative estimate of drug-likeness (QED) is 0.747. The van der Waals surface area contributed by atoms with Gasteiger partial charge in [-0.2, -0.15) is 0 Å². The lowest BCUT2D eigenvalue weighted by Gasteiger charge is -2.35. The van der Waals surface area contributed by atoms with Crippen LogP contribution in [0.2, 0.25) is 0 Å². The first-order valence-corrected chi connectivity index (χ1v) is 6.29. The van der Waals surface area contributed by atoms with E-state index in [2.05, 4.69) is 17.1 Å². The van der Waals surface area contributed by atoms with Gasteiger partial charge in [0, 0.05) is 25.0 Å². The summed E-state index contributed by atoms with van der Waals surface area (Å²) >= 11 is 0. The van der Waals surface area contributed by atoms with Crippen LogP contribution in [0.3, 0.4) is 0 Å². The molecule has 2 rings (SSSR count). The van der Waals surface area contributed by atoms with Crippen LogP contribution in [-0.2, 0) is 4.79 Å². The van der Waals surface area contributed by atoms with Crippen LogP contribution in [0.5, 0.6) is 0 Å². The molecule has 0 aromatic heterocycles. The van der Waals surface area contributed by atoms with Gasteiger partial charge in [0.05, 0.1) is 0 Å². The van der Waals surface area contributed by atoms with Crippen molar-refractivity contribution in [3.05, 3.63) is 0 Å². The highest BCUT2D eigenvalue weighted by Crippen LogP contribution is 2.18. The van der Waals surface area contributed by atoms with E-state index in [4.69, 9.17) is 0 Å². The van der Waals surface area contributed by atoms with Crippen LogP contribution in [-0.4, -0.2) is 36.5 Å². The maximum absolute atomic E-state index is 11.9. The second-order valence-corrected chi connectivity index (χ2v) is 4.97. The first-order chi connectivity index (χ1) is 7.27. The van der Waals surface area contributed by atoms with Gasteiger partial charge >= 0.3 is 0 Å². The van der Waals surface area contributed by atoms with E-state index in [1.807, 2.05) is 0 Å². The van der Waals surface area contributed by atoms with Gasteiger partial charge < -0.3 is 10.2 Å². The van der Waals surface area contributed by atoms with Gasteiger partial charge in [-0.1, -0.05) is 13.3 Å². The summed E-state index contributed by atoms with van der Waals surface area (Å²) in [6, 6.07) is 0.549. The Labute approximate surface area is 92.2 Å². The molecular weight excluding hydrogens is 188 g/mol. The van der Waals surface area contributed by atoms with Gasteiger partial charge in [-0.15, -0.1) is 0 Å². The maximum atomic E-state index is 11.9. The van der Waals surface area contributed by atoms with Crippen molar-refractivity contribution in [1.82, 2.24) is 10.2 Å². The summed E-state index contributed by atoms with van der Waals surface area (Å²) in [6.07, 6.45) is 6.10. The largest absolute Gasteiger partial charge is 0.341 e. The molecule has 2 heterocycles. The van der Waals surface area contributed by atoms with Crippen LogP contribution >= 0.6 is 0 Å². The minimum atomic E-state index is 0.252. The number of carbonyl (C=O) groups is 1. The third-order valence-corrected chi connectivity index (χ3v) is 3.65. The number of piperidine rings is 2. The second-order valence-electron chi connectivity index (χ2n) is 4.97. The molecule has 0 radical (unpaired) electrons. The van der Waals surface area contributed by atoms with E-state index in [1.165, 1.54) is 25.7 Å². The molecule has 0 spiro atoms. The van der Waals surface area contributed by atoms with Crippen LogP contribution in [0.25, 0.3) is 0 Å². The summed E-state index contributed by atoms with van der Waals surface area (Å²) in [5.41, 5.74) is 0. The molecule has 2 aliphatic rings. The van der Waals surface area contributed by atoms with Crippen LogP contribution in [0.1, 0.15) is 39.0 Å². The van der Waals surface area contributed by atoms with E-state index in [-0.39, 0.29) is 5.92 Å². The summed E-state index contributed by atoms with van der Waals surface area (Å²) in [5.74, 6) is 0.621. The van der Waals surface area contributed by atoms with Crippen molar-refractivity contribution in [2.45, 2.75) is 45.1 Å². The number of rotatable bonds is 2. The molecule has 2 atom stereocenters. The van der Waals surface area contributed by atoms with Gasteiger partial charge in [0.2, 0.25) is 5.91 Å². The fourth-order valence-corrected chi connectivity index (χ4v) is 2.66. The normalized spacial score (nSPS) is 33.1. The van der Waals surface area contributed by atoms with Gasteiger partial charge in [0.1, 0.15) is 0 Å². The fraction of sp³-hybridized carbons (Fsp3) is 0.917. The molecule has 3 nitrogen and oxygen atoms in total. The number of amides is 1. The third kappa shape index (κ3) is 2.71. The van der Waals surface area contributed by atoms with E-state index in [1.54, 1.807) is 0 Å². The smallest absolute Gasteiger partial charge is 0.225 e. The van der Waals surface area contributed by atoms with Gasteiger partial charge in [0.15, 0.2) is 0 Å². The zero-order chi connectivity index (χ0) is 10.7. The topological polar surface area (TPSA) is 32.3 Å². The molecule has 0 aliphatic carbocycles.